The fourth-order valence-corrected chi connectivity index (χ4v) is 4.03. The van der Waals surface area contributed by atoms with Crippen molar-refractivity contribution in [1.29, 1.82) is 0 Å². The third kappa shape index (κ3) is 3.50. The number of likely N-dealkylation sites (N-methyl/N-ethyl adjacent to an activating group) is 1. The number of thiophene rings is 1. The van der Waals surface area contributed by atoms with Gasteiger partial charge >= 0.3 is 0 Å². The van der Waals surface area contributed by atoms with Crippen LogP contribution in [-0.4, -0.2) is 43.3 Å². The number of hydrogen-bond acceptors (Lipinski definition) is 4. The Labute approximate surface area is 124 Å². The smallest absolute Gasteiger partial charge is 0.0931 e. The average molecular weight is 303 g/mol. The number of rotatable bonds is 5. The fraction of sp³-hybridized carbons (Fsp3) is 0.714. The van der Waals surface area contributed by atoms with E-state index >= 15 is 0 Å². The number of nitrogens with one attached hydrogen (secondary N) is 1. The Kier molecular flexibility index (Phi) is 5.26. The monoisotopic (exact) mass is 302 g/mol. The molecule has 1 saturated heterocycles. The van der Waals surface area contributed by atoms with Gasteiger partial charge in [-0.3, -0.25) is 4.90 Å². The van der Waals surface area contributed by atoms with Crippen molar-refractivity contribution < 1.29 is 4.74 Å². The Bertz CT molecular complexity index is 402. The topological polar surface area (TPSA) is 24.5 Å². The molecule has 108 valence electrons. The number of hydrogen-bond donors (Lipinski definition) is 1. The summed E-state index contributed by atoms with van der Waals surface area (Å²) in [6.07, 6.45) is 0. The van der Waals surface area contributed by atoms with Crippen LogP contribution in [0.3, 0.4) is 0 Å². The predicted octanol–water partition coefficient (Wildman–Crippen LogP) is 3.16. The van der Waals surface area contributed by atoms with Crippen molar-refractivity contribution in [1.82, 2.24) is 10.2 Å². The van der Waals surface area contributed by atoms with Crippen molar-refractivity contribution in [3.63, 3.8) is 0 Å². The summed E-state index contributed by atoms with van der Waals surface area (Å²) in [5, 5.41) is 3.62. The summed E-state index contributed by atoms with van der Waals surface area (Å²) in [4.78, 5) is 3.82. The summed E-state index contributed by atoms with van der Waals surface area (Å²) in [5.74, 6) is 0. The highest BCUT2D eigenvalue weighted by Gasteiger charge is 2.37. The largest absolute Gasteiger partial charge is 0.379 e. The number of morpholine rings is 1. The van der Waals surface area contributed by atoms with Gasteiger partial charge in [-0.05, 0) is 32.5 Å². The zero-order chi connectivity index (χ0) is 13.9. The standard InChI is InChI=1S/C14H23ClN2OS/c1-4-16-13(11-5-6-12(15)19-11)14(2,3)17-7-9-18-10-8-17/h5-6,13,16H,4,7-10H2,1-3H3. The van der Waals surface area contributed by atoms with E-state index in [0.29, 0.717) is 6.04 Å². The van der Waals surface area contributed by atoms with Crippen LogP contribution in [0.1, 0.15) is 31.7 Å². The van der Waals surface area contributed by atoms with Crippen LogP contribution in [0, 0.1) is 0 Å². The van der Waals surface area contributed by atoms with Gasteiger partial charge in [0.1, 0.15) is 0 Å². The van der Waals surface area contributed by atoms with Crippen LogP contribution in [0.25, 0.3) is 0 Å². The van der Waals surface area contributed by atoms with E-state index in [0.717, 1.165) is 37.2 Å². The Morgan fingerprint density at radius 1 is 1.42 bits per heavy atom. The normalized spacial score (nSPS) is 19.6. The quantitative estimate of drug-likeness (QED) is 0.904. The second-order valence-corrected chi connectivity index (χ2v) is 7.13. The molecular formula is C14H23ClN2OS. The van der Waals surface area contributed by atoms with Crippen molar-refractivity contribution >= 4 is 22.9 Å². The zero-order valence-corrected chi connectivity index (χ0v) is 13.5. The van der Waals surface area contributed by atoms with Crippen LogP contribution in [0.4, 0.5) is 0 Å². The first-order valence-electron chi connectivity index (χ1n) is 6.87. The Hall–Kier alpha value is -0.130. The summed E-state index contributed by atoms with van der Waals surface area (Å²) >= 11 is 7.77. The van der Waals surface area contributed by atoms with Crippen LogP contribution in [0.2, 0.25) is 4.34 Å². The van der Waals surface area contributed by atoms with Crippen molar-refractivity contribution in [2.24, 2.45) is 0 Å². The average Bonchev–Trinajstić information content (AvgIpc) is 2.83. The first-order chi connectivity index (χ1) is 9.05. The molecule has 0 bridgehead atoms. The maximum atomic E-state index is 6.10. The molecule has 0 saturated carbocycles. The van der Waals surface area contributed by atoms with Gasteiger partial charge < -0.3 is 10.1 Å². The molecule has 1 aromatic rings. The van der Waals surface area contributed by atoms with E-state index in [1.807, 2.05) is 6.07 Å². The van der Waals surface area contributed by atoms with Gasteiger partial charge in [0.2, 0.25) is 0 Å². The lowest BCUT2D eigenvalue weighted by Crippen LogP contribution is -2.56. The summed E-state index contributed by atoms with van der Waals surface area (Å²) < 4.78 is 6.32. The molecule has 0 aromatic carbocycles. The predicted molar refractivity (Wildman–Crippen MR) is 82.2 cm³/mol. The molecule has 0 radical (unpaired) electrons. The minimum Gasteiger partial charge on any atom is -0.379 e. The molecule has 19 heavy (non-hydrogen) atoms. The first kappa shape index (κ1) is 15.3. The molecule has 1 aliphatic heterocycles. The van der Waals surface area contributed by atoms with Gasteiger partial charge in [0, 0.05) is 23.5 Å². The highest BCUT2D eigenvalue weighted by Crippen LogP contribution is 2.36. The van der Waals surface area contributed by atoms with Crippen LogP contribution in [0.5, 0.6) is 0 Å². The lowest BCUT2D eigenvalue weighted by atomic mass is 9.90. The molecule has 1 atom stereocenters. The zero-order valence-electron chi connectivity index (χ0n) is 11.9. The maximum Gasteiger partial charge on any atom is 0.0931 e. The molecule has 5 heteroatoms. The number of halogens is 1. The van der Waals surface area contributed by atoms with Gasteiger partial charge in [0.05, 0.1) is 23.6 Å². The molecule has 1 aromatic heterocycles. The van der Waals surface area contributed by atoms with Crippen molar-refractivity contribution in [3.8, 4) is 0 Å². The van der Waals surface area contributed by atoms with Gasteiger partial charge in [-0.2, -0.15) is 0 Å². The maximum absolute atomic E-state index is 6.10. The molecular weight excluding hydrogens is 280 g/mol. The molecule has 1 aliphatic rings. The number of ether oxygens (including phenoxy) is 1. The lowest BCUT2D eigenvalue weighted by Gasteiger charge is -2.45. The summed E-state index contributed by atoms with van der Waals surface area (Å²) in [6, 6.07) is 4.43. The van der Waals surface area contributed by atoms with E-state index in [2.05, 4.69) is 37.1 Å². The molecule has 2 rings (SSSR count). The van der Waals surface area contributed by atoms with Crippen LogP contribution < -0.4 is 5.32 Å². The van der Waals surface area contributed by atoms with E-state index in [1.165, 1.54) is 4.88 Å². The van der Waals surface area contributed by atoms with Crippen LogP contribution >= 0.6 is 22.9 Å². The molecule has 0 amide bonds. The highest BCUT2D eigenvalue weighted by atomic mass is 35.5. The van der Waals surface area contributed by atoms with E-state index in [1.54, 1.807) is 11.3 Å². The molecule has 1 fully saturated rings. The third-order valence-electron chi connectivity index (χ3n) is 3.82. The molecule has 0 aliphatic carbocycles. The second-order valence-electron chi connectivity index (χ2n) is 5.39. The lowest BCUT2D eigenvalue weighted by molar-refractivity contribution is -0.0231. The third-order valence-corrected chi connectivity index (χ3v) is 5.12. The van der Waals surface area contributed by atoms with Gasteiger partial charge in [0.15, 0.2) is 0 Å². The van der Waals surface area contributed by atoms with Crippen LogP contribution in [0.15, 0.2) is 12.1 Å². The van der Waals surface area contributed by atoms with E-state index in [-0.39, 0.29) is 5.54 Å². The Balaban J connectivity index is 2.20. The molecule has 1 N–H and O–H groups in total. The highest BCUT2D eigenvalue weighted by molar-refractivity contribution is 7.16. The molecule has 2 heterocycles. The molecule has 1 unspecified atom stereocenters. The van der Waals surface area contributed by atoms with Crippen LogP contribution in [-0.2, 0) is 4.74 Å². The fourth-order valence-electron chi connectivity index (χ4n) is 2.71. The second kappa shape index (κ2) is 6.55. The minimum atomic E-state index is 0.0496. The van der Waals surface area contributed by atoms with Gasteiger partial charge in [-0.25, -0.2) is 0 Å². The summed E-state index contributed by atoms with van der Waals surface area (Å²) in [5.41, 5.74) is 0.0496. The first-order valence-corrected chi connectivity index (χ1v) is 8.06. The van der Waals surface area contributed by atoms with Crippen molar-refractivity contribution in [2.45, 2.75) is 32.4 Å². The van der Waals surface area contributed by atoms with E-state index in [4.69, 9.17) is 16.3 Å². The van der Waals surface area contributed by atoms with Gasteiger partial charge in [-0.15, -0.1) is 11.3 Å². The van der Waals surface area contributed by atoms with E-state index < -0.39 is 0 Å². The number of nitrogens with zero attached hydrogens (tertiary/aromatic N) is 1. The van der Waals surface area contributed by atoms with Gasteiger partial charge in [0.25, 0.3) is 0 Å². The summed E-state index contributed by atoms with van der Waals surface area (Å²) in [7, 11) is 0. The minimum absolute atomic E-state index is 0.0496. The van der Waals surface area contributed by atoms with Crippen molar-refractivity contribution in [3.05, 3.63) is 21.3 Å². The van der Waals surface area contributed by atoms with E-state index in [9.17, 15) is 0 Å². The Morgan fingerprint density at radius 3 is 2.63 bits per heavy atom. The summed E-state index contributed by atoms with van der Waals surface area (Å²) in [6.45, 7) is 11.4. The molecule has 0 spiro atoms. The Morgan fingerprint density at radius 2 is 2.11 bits per heavy atom. The molecule has 3 nitrogen and oxygen atoms in total. The van der Waals surface area contributed by atoms with Gasteiger partial charge in [-0.1, -0.05) is 18.5 Å². The SMILES string of the molecule is CCNC(c1ccc(Cl)s1)C(C)(C)N1CCOCC1. The van der Waals surface area contributed by atoms with Crippen molar-refractivity contribution in [2.75, 3.05) is 32.8 Å².